The van der Waals surface area contributed by atoms with E-state index in [1.165, 1.54) is 17.2 Å². The molecule has 0 atom stereocenters. The number of nitrogens with one attached hydrogen (secondary N) is 1. The van der Waals surface area contributed by atoms with Crippen LogP contribution in [0.25, 0.3) is 5.95 Å². The van der Waals surface area contributed by atoms with E-state index in [1.807, 2.05) is 0 Å². The molecule has 12 heavy (non-hydrogen) atoms. The molecule has 0 spiro atoms. The number of aromatic amines is 1. The average molecular weight is 164 g/mol. The van der Waals surface area contributed by atoms with Crippen molar-refractivity contribution in [2.24, 2.45) is 0 Å². The number of carbonyl (C=O) groups is 1. The summed E-state index contributed by atoms with van der Waals surface area (Å²) in [7, 11) is 0. The number of aldehydes is 1. The van der Waals surface area contributed by atoms with E-state index >= 15 is 0 Å². The monoisotopic (exact) mass is 164 g/mol. The molecule has 0 radical (unpaired) electrons. The van der Waals surface area contributed by atoms with Crippen LogP contribution in [0.1, 0.15) is 10.6 Å². The van der Waals surface area contributed by atoms with Gasteiger partial charge in [0.05, 0.1) is 0 Å². The van der Waals surface area contributed by atoms with Gasteiger partial charge in [-0.05, 0) is 0 Å². The minimum Gasteiger partial charge on any atom is -0.294 e. The first kappa shape index (κ1) is 6.65. The molecule has 0 aliphatic rings. The Morgan fingerprint density at radius 3 is 2.75 bits per heavy atom. The third kappa shape index (κ3) is 0.965. The summed E-state index contributed by atoms with van der Waals surface area (Å²) >= 11 is 0. The van der Waals surface area contributed by atoms with Gasteiger partial charge in [0.2, 0.25) is 0 Å². The molecule has 0 aromatic carbocycles. The van der Waals surface area contributed by atoms with Gasteiger partial charge in [-0.3, -0.25) is 14.5 Å². The van der Waals surface area contributed by atoms with E-state index in [4.69, 9.17) is 0 Å². The maximum absolute atomic E-state index is 10.2. The summed E-state index contributed by atoms with van der Waals surface area (Å²) in [6, 6.07) is 0. The van der Waals surface area contributed by atoms with E-state index in [-0.39, 0.29) is 5.82 Å². The number of hydrogen-bond donors (Lipinski definition) is 1. The molecule has 7 nitrogen and oxygen atoms in total. The maximum Gasteiger partial charge on any atom is 0.255 e. The molecule has 0 bridgehead atoms. The van der Waals surface area contributed by atoms with Gasteiger partial charge in [0.1, 0.15) is 12.7 Å². The summed E-state index contributed by atoms with van der Waals surface area (Å²) in [5.74, 6) is 0.529. The number of rotatable bonds is 2. The molecule has 2 aromatic heterocycles. The number of H-pyrrole nitrogens is 1. The zero-order valence-electron chi connectivity index (χ0n) is 5.88. The van der Waals surface area contributed by atoms with Crippen LogP contribution >= 0.6 is 0 Å². The van der Waals surface area contributed by atoms with E-state index in [1.54, 1.807) is 0 Å². The molecule has 2 aromatic rings. The largest absolute Gasteiger partial charge is 0.294 e. The van der Waals surface area contributed by atoms with Crippen molar-refractivity contribution in [1.29, 1.82) is 0 Å². The SMILES string of the molecule is O=Cc1nc(-n2cnnc2)n[nH]1. The van der Waals surface area contributed by atoms with Gasteiger partial charge in [-0.15, -0.1) is 15.3 Å². The maximum atomic E-state index is 10.2. The molecule has 0 fully saturated rings. The molecule has 0 aliphatic carbocycles. The van der Waals surface area contributed by atoms with Crippen LogP contribution in [-0.4, -0.2) is 36.2 Å². The van der Waals surface area contributed by atoms with Gasteiger partial charge in [-0.25, -0.2) is 0 Å². The summed E-state index contributed by atoms with van der Waals surface area (Å²) in [6.45, 7) is 0. The van der Waals surface area contributed by atoms with E-state index in [0.29, 0.717) is 12.2 Å². The van der Waals surface area contributed by atoms with Crippen molar-refractivity contribution < 1.29 is 4.79 Å². The van der Waals surface area contributed by atoms with Crippen molar-refractivity contribution in [3.8, 4) is 5.95 Å². The Bertz CT molecular complexity index is 376. The standard InChI is InChI=1S/C5H4N6O/c12-1-4-8-5(10-9-4)11-2-6-7-3-11/h1-3H,(H,8,9,10). The van der Waals surface area contributed by atoms with Crippen molar-refractivity contribution >= 4 is 6.29 Å². The van der Waals surface area contributed by atoms with Gasteiger partial charge in [-0.2, -0.15) is 4.98 Å². The highest BCUT2D eigenvalue weighted by Crippen LogP contribution is 1.95. The summed E-state index contributed by atoms with van der Waals surface area (Å²) in [5.41, 5.74) is 0. The first-order chi connectivity index (χ1) is 5.90. The fourth-order valence-corrected chi connectivity index (χ4v) is 0.737. The lowest BCUT2D eigenvalue weighted by Crippen LogP contribution is -1.92. The predicted octanol–water partition coefficient (Wildman–Crippen LogP) is -0.802. The Morgan fingerprint density at radius 1 is 1.42 bits per heavy atom. The average Bonchev–Trinajstić information content (AvgIpc) is 2.75. The lowest BCUT2D eigenvalue weighted by Gasteiger charge is -1.87. The normalized spacial score (nSPS) is 10.0. The van der Waals surface area contributed by atoms with Crippen LogP contribution in [0.4, 0.5) is 0 Å². The van der Waals surface area contributed by atoms with Crippen molar-refractivity contribution in [2.75, 3.05) is 0 Å². The molecule has 2 heterocycles. The summed E-state index contributed by atoms with van der Waals surface area (Å²) < 4.78 is 1.49. The Labute approximate surface area is 66.5 Å². The van der Waals surface area contributed by atoms with Crippen molar-refractivity contribution in [3.05, 3.63) is 18.5 Å². The van der Waals surface area contributed by atoms with Gasteiger partial charge in [-0.1, -0.05) is 0 Å². The minimum absolute atomic E-state index is 0.179. The van der Waals surface area contributed by atoms with Crippen LogP contribution in [0.15, 0.2) is 12.7 Å². The first-order valence-corrected chi connectivity index (χ1v) is 3.13. The van der Waals surface area contributed by atoms with Crippen molar-refractivity contribution in [2.45, 2.75) is 0 Å². The Morgan fingerprint density at radius 2 is 2.17 bits per heavy atom. The summed E-state index contributed by atoms with van der Waals surface area (Å²) in [6.07, 6.45) is 3.47. The summed E-state index contributed by atoms with van der Waals surface area (Å²) in [5, 5.41) is 13.3. The molecule has 0 saturated carbocycles. The predicted molar refractivity (Wildman–Crippen MR) is 36.7 cm³/mol. The van der Waals surface area contributed by atoms with Gasteiger partial charge in [0, 0.05) is 0 Å². The highest BCUT2D eigenvalue weighted by Gasteiger charge is 2.02. The Kier molecular flexibility index (Phi) is 1.40. The van der Waals surface area contributed by atoms with Gasteiger partial charge < -0.3 is 0 Å². The molecule has 0 saturated heterocycles. The second-order valence-corrected chi connectivity index (χ2v) is 2.01. The number of carbonyl (C=O) groups excluding carboxylic acids is 1. The fraction of sp³-hybridized carbons (Fsp3) is 0. The van der Waals surface area contributed by atoms with Gasteiger partial charge >= 0.3 is 0 Å². The number of hydrogen-bond acceptors (Lipinski definition) is 5. The second-order valence-electron chi connectivity index (χ2n) is 2.01. The molecule has 60 valence electrons. The quantitative estimate of drug-likeness (QED) is 0.587. The Hall–Kier alpha value is -2.05. The van der Waals surface area contributed by atoms with E-state index in [0.717, 1.165) is 0 Å². The van der Waals surface area contributed by atoms with Crippen LogP contribution in [-0.2, 0) is 0 Å². The number of aromatic nitrogens is 6. The van der Waals surface area contributed by atoms with Crippen LogP contribution in [0.3, 0.4) is 0 Å². The van der Waals surface area contributed by atoms with E-state index < -0.39 is 0 Å². The minimum atomic E-state index is 0.179. The highest BCUT2D eigenvalue weighted by molar-refractivity contribution is 5.68. The topological polar surface area (TPSA) is 89.3 Å². The van der Waals surface area contributed by atoms with Crippen LogP contribution in [0.2, 0.25) is 0 Å². The lowest BCUT2D eigenvalue weighted by molar-refractivity contribution is 0.111. The lowest BCUT2D eigenvalue weighted by atomic mass is 10.7. The molecular weight excluding hydrogens is 160 g/mol. The fourth-order valence-electron chi connectivity index (χ4n) is 0.737. The molecule has 7 heteroatoms. The Balaban J connectivity index is 2.41. The third-order valence-corrected chi connectivity index (χ3v) is 1.25. The first-order valence-electron chi connectivity index (χ1n) is 3.13. The molecule has 2 rings (SSSR count). The zero-order chi connectivity index (χ0) is 8.39. The van der Waals surface area contributed by atoms with Crippen LogP contribution in [0, 0.1) is 0 Å². The highest BCUT2D eigenvalue weighted by atomic mass is 16.1. The van der Waals surface area contributed by atoms with Crippen LogP contribution in [0.5, 0.6) is 0 Å². The van der Waals surface area contributed by atoms with Crippen molar-refractivity contribution in [1.82, 2.24) is 29.9 Å². The van der Waals surface area contributed by atoms with Crippen molar-refractivity contribution in [3.63, 3.8) is 0 Å². The smallest absolute Gasteiger partial charge is 0.255 e. The van der Waals surface area contributed by atoms with Crippen LogP contribution < -0.4 is 0 Å². The van der Waals surface area contributed by atoms with E-state index in [2.05, 4.69) is 25.4 Å². The molecular formula is C5H4N6O. The second kappa shape index (κ2) is 2.53. The third-order valence-electron chi connectivity index (χ3n) is 1.25. The molecule has 1 N–H and O–H groups in total. The molecule has 0 aliphatic heterocycles. The van der Waals surface area contributed by atoms with Gasteiger partial charge in [0.15, 0.2) is 12.1 Å². The zero-order valence-corrected chi connectivity index (χ0v) is 5.88. The summed E-state index contributed by atoms with van der Waals surface area (Å²) in [4.78, 5) is 14.0. The number of nitrogens with zero attached hydrogens (tertiary/aromatic N) is 5. The van der Waals surface area contributed by atoms with E-state index in [9.17, 15) is 4.79 Å². The molecule has 0 unspecified atom stereocenters. The van der Waals surface area contributed by atoms with Gasteiger partial charge in [0.25, 0.3) is 5.95 Å². The molecule has 0 amide bonds.